The molecule has 0 amide bonds. The summed E-state index contributed by atoms with van der Waals surface area (Å²) in [5.74, 6) is 1.89. The number of hydrogen-bond acceptors (Lipinski definition) is 3. The Hall–Kier alpha value is -0.670. The number of thioether (sulfide) groups is 1. The number of hydrogen-bond donors (Lipinski definition) is 0. The molecule has 16 heavy (non-hydrogen) atoms. The summed E-state index contributed by atoms with van der Waals surface area (Å²) < 4.78 is 0. The van der Waals surface area contributed by atoms with Crippen molar-refractivity contribution in [1.29, 1.82) is 0 Å². The normalized spacial score (nSPS) is 20.1. The zero-order valence-electron chi connectivity index (χ0n) is 8.90. The summed E-state index contributed by atoms with van der Waals surface area (Å²) in [6.07, 6.45) is 2.76. The van der Waals surface area contributed by atoms with Crippen molar-refractivity contribution in [2.75, 3.05) is 12.4 Å². The van der Waals surface area contributed by atoms with E-state index in [9.17, 15) is 0 Å². The summed E-state index contributed by atoms with van der Waals surface area (Å²) in [5.41, 5.74) is 1.17. The van der Waals surface area contributed by atoms with E-state index < -0.39 is 0 Å². The molecule has 1 aliphatic heterocycles. The fourth-order valence-corrected chi connectivity index (χ4v) is 2.78. The topological polar surface area (TPSA) is 15.6 Å². The molecule has 0 atom stereocenters. The number of benzene rings is 1. The van der Waals surface area contributed by atoms with Gasteiger partial charge in [0.05, 0.1) is 5.88 Å². The van der Waals surface area contributed by atoms with Crippen LogP contribution in [0.3, 0.4) is 0 Å². The zero-order valence-corrected chi connectivity index (χ0v) is 10.5. The van der Waals surface area contributed by atoms with Gasteiger partial charge in [-0.25, -0.2) is 0 Å². The van der Waals surface area contributed by atoms with Crippen molar-refractivity contribution in [2.45, 2.75) is 12.8 Å². The van der Waals surface area contributed by atoms with Crippen LogP contribution < -0.4 is 0 Å². The van der Waals surface area contributed by atoms with Crippen LogP contribution in [0.25, 0.3) is 0 Å². The minimum absolute atomic E-state index is 0.780. The van der Waals surface area contributed by atoms with Crippen LogP contribution in [0.1, 0.15) is 18.4 Å². The van der Waals surface area contributed by atoms with Crippen LogP contribution in [-0.4, -0.2) is 22.5 Å². The van der Waals surface area contributed by atoms with Crippen LogP contribution >= 0.6 is 23.4 Å². The number of hydrazone groups is 1. The molecule has 0 radical (unpaired) electrons. The molecule has 4 heteroatoms. The SMILES string of the molecule is Clc1ccc(C2=NN(CC3CC3)CS2)cc1. The molecule has 1 saturated carbocycles. The lowest BCUT2D eigenvalue weighted by Crippen LogP contribution is -2.15. The zero-order chi connectivity index (χ0) is 11.0. The third-order valence-corrected chi connectivity index (χ3v) is 4.11. The highest BCUT2D eigenvalue weighted by atomic mass is 35.5. The minimum Gasteiger partial charge on any atom is -0.285 e. The Morgan fingerprint density at radius 1 is 1.31 bits per heavy atom. The van der Waals surface area contributed by atoms with E-state index in [-0.39, 0.29) is 0 Å². The molecule has 0 spiro atoms. The fraction of sp³-hybridized carbons (Fsp3) is 0.417. The summed E-state index contributed by atoms with van der Waals surface area (Å²) in [4.78, 5) is 0. The van der Waals surface area contributed by atoms with Gasteiger partial charge in [0.25, 0.3) is 0 Å². The molecule has 1 aromatic rings. The van der Waals surface area contributed by atoms with E-state index in [0.29, 0.717) is 0 Å². The van der Waals surface area contributed by atoms with Crippen molar-refractivity contribution in [3.8, 4) is 0 Å². The largest absolute Gasteiger partial charge is 0.285 e. The summed E-state index contributed by atoms with van der Waals surface area (Å²) in [6, 6.07) is 7.91. The van der Waals surface area contributed by atoms with Crippen LogP contribution in [0.15, 0.2) is 29.4 Å². The second kappa shape index (κ2) is 4.30. The van der Waals surface area contributed by atoms with Crippen molar-refractivity contribution >= 4 is 28.4 Å². The Labute approximate surface area is 105 Å². The third kappa shape index (κ3) is 2.36. The van der Waals surface area contributed by atoms with Crippen molar-refractivity contribution in [2.24, 2.45) is 11.0 Å². The van der Waals surface area contributed by atoms with Gasteiger partial charge in [-0.2, -0.15) is 5.10 Å². The standard InChI is InChI=1S/C12H13ClN2S/c13-11-5-3-10(4-6-11)12-14-15(8-16-12)7-9-1-2-9/h3-6,9H,1-2,7-8H2. The Balaban J connectivity index is 1.72. The van der Waals surface area contributed by atoms with E-state index in [1.807, 2.05) is 36.0 Å². The van der Waals surface area contributed by atoms with Crippen LogP contribution in [0.4, 0.5) is 0 Å². The maximum absolute atomic E-state index is 5.87. The molecule has 0 N–H and O–H groups in total. The molecule has 0 aromatic heterocycles. The Kier molecular flexibility index (Phi) is 2.82. The molecule has 0 unspecified atom stereocenters. The first-order chi connectivity index (χ1) is 7.81. The van der Waals surface area contributed by atoms with E-state index in [0.717, 1.165) is 28.4 Å². The van der Waals surface area contributed by atoms with Gasteiger partial charge in [-0.05, 0) is 30.9 Å². The monoisotopic (exact) mass is 252 g/mol. The van der Waals surface area contributed by atoms with Gasteiger partial charge in [0.1, 0.15) is 5.04 Å². The van der Waals surface area contributed by atoms with Gasteiger partial charge in [-0.15, -0.1) is 0 Å². The molecule has 84 valence electrons. The van der Waals surface area contributed by atoms with E-state index in [1.54, 1.807) is 0 Å². The fourth-order valence-electron chi connectivity index (χ4n) is 1.75. The molecule has 3 rings (SSSR count). The van der Waals surface area contributed by atoms with Gasteiger partial charge in [0, 0.05) is 17.1 Å². The van der Waals surface area contributed by atoms with E-state index in [2.05, 4.69) is 10.1 Å². The number of halogens is 1. The van der Waals surface area contributed by atoms with Crippen molar-refractivity contribution < 1.29 is 0 Å². The highest BCUT2D eigenvalue weighted by Crippen LogP contribution is 2.32. The Bertz CT molecular complexity index is 412. The summed E-state index contributed by atoms with van der Waals surface area (Å²) in [5, 5.41) is 8.73. The van der Waals surface area contributed by atoms with Gasteiger partial charge in [-0.3, -0.25) is 5.01 Å². The van der Waals surface area contributed by atoms with Gasteiger partial charge in [0.15, 0.2) is 0 Å². The molecule has 2 nitrogen and oxygen atoms in total. The minimum atomic E-state index is 0.780. The summed E-state index contributed by atoms with van der Waals surface area (Å²) in [7, 11) is 0. The average Bonchev–Trinajstić information content (AvgIpc) is 2.97. The van der Waals surface area contributed by atoms with Crippen molar-refractivity contribution in [3.63, 3.8) is 0 Å². The van der Waals surface area contributed by atoms with Crippen LogP contribution in [0.5, 0.6) is 0 Å². The van der Waals surface area contributed by atoms with Gasteiger partial charge in [-0.1, -0.05) is 35.5 Å². The van der Waals surface area contributed by atoms with Crippen LogP contribution in [-0.2, 0) is 0 Å². The Morgan fingerprint density at radius 2 is 2.06 bits per heavy atom. The lowest BCUT2D eigenvalue weighted by atomic mass is 10.2. The van der Waals surface area contributed by atoms with Gasteiger partial charge < -0.3 is 0 Å². The maximum Gasteiger partial charge on any atom is 0.125 e. The lowest BCUT2D eigenvalue weighted by molar-refractivity contribution is 0.332. The first-order valence-corrected chi connectivity index (χ1v) is 6.90. The second-order valence-corrected chi connectivity index (χ2v) is 5.69. The van der Waals surface area contributed by atoms with Crippen molar-refractivity contribution in [3.05, 3.63) is 34.9 Å². The highest BCUT2D eigenvalue weighted by Gasteiger charge is 2.26. The van der Waals surface area contributed by atoms with Crippen LogP contribution in [0.2, 0.25) is 5.02 Å². The molecule has 0 bridgehead atoms. The van der Waals surface area contributed by atoms with E-state index in [1.165, 1.54) is 18.4 Å². The molecule has 2 aliphatic rings. The maximum atomic E-state index is 5.87. The predicted octanol–water partition coefficient (Wildman–Crippen LogP) is 3.42. The quantitative estimate of drug-likeness (QED) is 0.819. The number of nitrogens with zero attached hydrogens (tertiary/aromatic N) is 2. The second-order valence-electron chi connectivity index (χ2n) is 4.32. The molecule has 1 aliphatic carbocycles. The van der Waals surface area contributed by atoms with E-state index in [4.69, 9.17) is 11.6 Å². The third-order valence-electron chi connectivity index (χ3n) is 2.84. The first-order valence-electron chi connectivity index (χ1n) is 5.53. The molecule has 1 aromatic carbocycles. The molecule has 1 fully saturated rings. The molecular formula is C12H13ClN2S. The van der Waals surface area contributed by atoms with Gasteiger partial charge >= 0.3 is 0 Å². The van der Waals surface area contributed by atoms with Crippen molar-refractivity contribution in [1.82, 2.24) is 5.01 Å². The van der Waals surface area contributed by atoms with E-state index >= 15 is 0 Å². The molecule has 0 saturated heterocycles. The summed E-state index contributed by atoms with van der Waals surface area (Å²) in [6.45, 7) is 1.13. The highest BCUT2D eigenvalue weighted by molar-refractivity contribution is 8.14. The predicted molar refractivity (Wildman–Crippen MR) is 69.9 cm³/mol. The average molecular weight is 253 g/mol. The smallest absolute Gasteiger partial charge is 0.125 e. The lowest BCUT2D eigenvalue weighted by Gasteiger charge is -2.10. The number of rotatable bonds is 3. The van der Waals surface area contributed by atoms with Gasteiger partial charge in [0.2, 0.25) is 0 Å². The first kappa shape index (κ1) is 10.5. The summed E-state index contributed by atoms with van der Waals surface area (Å²) >= 11 is 7.68. The molecular weight excluding hydrogens is 240 g/mol. The molecule has 1 heterocycles. The van der Waals surface area contributed by atoms with Crippen LogP contribution in [0, 0.1) is 5.92 Å². The Morgan fingerprint density at radius 3 is 2.75 bits per heavy atom.